The van der Waals surface area contributed by atoms with Gasteiger partial charge in [-0.2, -0.15) is 0 Å². The molecule has 2 aromatic heterocycles. The summed E-state index contributed by atoms with van der Waals surface area (Å²) in [5.41, 5.74) is 2.07. The van der Waals surface area contributed by atoms with Gasteiger partial charge in [0.2, 0.25) is 0 Å². The minimum Gasteiger partial charge on any atom is -0.245 e. The first-order chi connectivity index (χ1) is 6.90. The first-order valence-electron chi connectivity index (χ1n) is 4.61. The lowest BCUT2D eigenvalue weighted by molar-refractivity contribution is 0.893. The monoisotopic (exact) mass is 205 g/mol. The zero-order valence-electron chi connectivity index (χ0n) is 7.97. The van der Waals surface area contributed by atoms with Gasteiger partial charge >= 0.3 is 0 Å². The maximum atomic E-state index is 4.50. The molecule has 2 aromatic rings. The summed E-state index contributed by atoms with van der Waals surface area (Å²) >= 11 is 1.64. The molecule has 2 rings (SSSR count). The Bertz CT molecular complexity index is 397. The molecule has 3 nitrogen and oxygen atoms in total. The predicted molar refractivity (Wildman–Crippen MR) is 57.1 cm³/mol. The van der Waals surface area contributed by atoms with E-state index in [0.717, 1.165) is 29.2 Å². The zero-order chi connectivity index (χ0) is 9.80. The normalized spacial score (nSPS) is 10.4. The third kappa shape index (κ3) is 1.96. The number of hydrogen-bond acceptors (Lipinski definition) is 4. The van der Waals surface area contributed by atoms with Crippen LogP contribution in [0.2, 0.25) is 0 Å². The molecule has 0 N–H and O–H groups in total. The van der Waals surface area contributed by atoms with Crippen LogP contribution in [0.5, 0.6) is 0 Å². The van der Waals surface area contributed by atoms with E-state index in [0.29, 0.717) is 0 Å². The Balaban J connectivity index is 2.25. The fourth-order valence-electron chi connectivity index (χ4n) is 1.21. The molecule has 0 saturated carbocycles. The Morgan fingerprint density at radius 3 is 3.07 bits per heavy atom. The number of thiazole rings is 1. The van der Waals surface area contributed by atoms with E-state index in [2.05, 4.69) is 27.3 Å². The predicted octanol–water partition coefficient (Wildman–Crippen LogP) is 2.55. The van der Waals surface area contributed by atoms with Crippen LogP contribution < -0.4 is 0 Å². The highest BCUT2D eigenvalue weighted by atomic mass is 32.1. The van der Waals surface area contributed by atoms with Crippen LogP contribution >= 0.6 is 11.3 Å². The molecule has 0 aliphatic rings. The number of nitrogens with zero attached hydrogens (tertiary/aromatic N) is 3. The van der Waals surface area contributed by atoms with Crippen molar-refractivity contribution in [1.82, 2.24) is 15.0 Å². The van der Waals surface area contributed by atoms with Crippen molar-refractivity contribution in [3.63, 3.8) is 0 Å². The maximum absolute atomic E-state index is 4.50. The van der Waals surface area contributed by atoms with Crippen LogP contribution in [0.1, 0.15) is 19.0 Å². The van der Waals surface area contributed by atoms with Crippen LogP contribution in [0.25, 0.3) is 10.7 Å². The van der Waals surface area contributed by atoms with Gasteiger partial charge in [-0.25, -0.2) is 15.0 Å². The number of hydrogen-bond donors (Lipinski definition) is 0. The summed E-state index contributed by atoms with van der Waals surface area (Å²) in [6.07, 6.45) is 5.47. The highest BCUT2D eigenvalue weighted by Gasteiger charge is 2.04. The molecule has 72 valence electrons. The van der Waals surface area contributed by atoms with E-state index in [1.165, 1.54) is 0 Å². The highest BCUT2D eigenvalue weighted by Crippen LogP contribution is 2.21. The number of aryl methyl sites for hydroxylation is 1. The second kappa shape index (κ2) is 4.28. The van der Waals surface area contributed by atoms with Gasteiger partial charge in [-0.1, -0.05) is 13.3 Å². The molecule has 0 amide bonds. The zero-order valence-corrected chi connectivity index (χ0v) is 8.79. The standard InChI is InChI=1S/C10H11N3S/c1-2-3-8-6-14-10(13-8)9-4-5-11-7-12-9/h4-7H,2-3H2,1H3. The molecule has 0 radical (unpaired) electrons. The quantitative estimate of drug-likeness (QED) is 0.773. The second-order valence-corrected chi connectivity index (χ2v) is 3.85. The van der Waals surface area contributed by atoms with Gasteiger partial charge in [0, 0.05) is 11.6 Å². The molecule has 14 heavy (non-hydrogen) atoms. The van der Waals surface area contributed by atoms with Gasteiger partial charge < -0.3 is 0 Å². The van der Waals surface area contributed by atoms with Crippen molar-refractivity contribution in [1.29, 1.82) is 0 Å². The van der Waals surface area contributed by atoms with E-state index in [-0.39, 0.29) is 0 Å². The van der Waals surface area contributed by atoms with Crippen LogP contribution in [0, 0.1) is 0 Å². The van der Waals surface area contributed by atoms with Gasteiger partial charge in [-0.3, -0.25) is 0 Å². The summed E-state index contributed by atoms with van der Waals surface area (Å²) in [6.45, 7) is 2.16. The van der Waals surface area contributed by atoms with Crippen molar-refractivity contribution in [2.75, 3.05) is 0 Å². The molecule has 0 aliphatic carbocycles. The molecule has 0 atom stereocenters. The molecular weight excluding hydrogens is 194 g/mol. The first kappa shape index (κ1) is 9.27. The Morgan fingerprint density at radius 2 is 2.36 bits per heavy atom. The van der Waals surface area contributed by atoms with E-state index in [4.69, 9.17) is 0 Å². The average Bonchev–Trinajstić information content (AvgIpc) is 2.68. The molecule has 4 heteroatoms. The fourth-order valence-corrected chi connectivity index (χ4v) is 2.04. The largest absolute Gasteiger partial charge is 0.245 e. The summed E-state index contributed by atoms with van der Waals surface area (Å²) in [6, 6.07) is 1.88. The molecule has 0 bridgehead atoms. The van der Waals surface area contributed by atoms with Gasteiger partial charge in [0.25, 0.3) is 0 Å². The van der Waals surface area contributed by atoms with E-state index in [9.17, 15) is 0 Å². The lowest BCUT2D eigenvalue weighted by atomic mass is 10.3. The van der Waals surface area contributed by atoms with E-state index in [1.54, 1.807) is 23.9 Å². The molecular formula is C10H11N3S. The van der Waals surface area contributed by atoms with Gasteiger partial charge in [0.15, 0.2) is 0 Å². The maximum Gasteiger partial charge on any atom is 0.142 e. The molecule has 0 aromatic carbocycles. The minimum absolute atomic E-state index is 0.910. The Kier molecular flexibility index (Phi) is 2.84. The van der Waals surface area contributed by atoms with Gasteiger partial charge in [-0.05, 0) is 12.5 Å². The van der Waals surface area contributed by atoms with Gasteiger partial charge in [0.1, 0.15) is 17.0 Å². The van der Waals surface area contributed by atoms with Crippen LogP contribution in [-0.2, 0) is 6.42 Å². The lowest BCUT2D eigenvalue weighted by Gasteiger charge is -1.92. The number of aromatic nitrogens is 3. The van der Waals surface area contributed by atoms with Crippen molar-refractivity contribution in [3.8, 4) is 10.7 Å². The summed E-state index contributed by atoms with van der Waals surface area (Å²) < 4.78 is 0. The Morgan fingerprint density at radius 1 is 1.43 bits per heavy atom. The van der Waals surface area contributed by atoms with Crippen LogP contribution in [-0.4, -0.2) is 15.0 Å². The number of rotatable bonds is 3. The third-order valence-corrected chi connectivity index (χ3v) is 2.77. The van der Waals surface area contributed by atoms with Gasteiger partial charge in [0.05, 0.1) is 5.69 Å². The summed E-state index contributed by atoms with van der Waals surface area (Å²) in [4.78, 5) is 12.5. The van der Waals surface area contributed by atoms with Crippen molar-refractivity contribution in [2.45, 2.75) is 19.8 Å². The first-order valence-corrected chi connectivity index (χ1v) is 5.49. The highest BCUT2D eigenvalue weighted by molar-refractivity contribution is 7.13. The van der Waals surface area contributed by atoms with Crippen molar-refractivity contribution in [3.05, 3.63) is 29.7 Å². The van der Waals surface area contributed by atoms with E-state index < -0.39 is 0 Å². The van der Waals surface area contributed by atoms with Gasteiger partial charge in [-0.15, -0.1) is 11.3 Å². The molecule has 0 fully saturated rings. The van der Waals surface area contributed by atoms with Crippen molar-refractivity contribution < 1.29 is 0 Å². The second-order valence-electron chi connectivity index (χ2n) is 2.99. The van der Waals surface area contributed by atoms with E-state index in [1.807, 2.05) is 6.07 Å². The van der Waals surface area contributed by atoms with Crippen molar-refractivity contribution >= 4 is 11.3 Å². The fraction of sp³-hybridized carbons (Fsp3) is 0.300. The Hall–Kier alpha value is -1.29. The van der Waals surface area contributed by atoms with E-state index >= 15 is 0 Å². The molecule has 0 unspecified atom stereocenters. The van der Waals surface area contributed by atoms with Crippen LogP contribution in [0.3, 0.4) is 0 Å². The molecule has 0 saturated heterocycles. The summed E-state index contributed by atoms with van der Waals surface area (Å²) in [7, 11) is 0. The average molecular weight is 205 g/mol. The topological polar surface area (TPSA) is 38.7 Å². The molecule has 0 spiro atoms. The summed E-state index contributed by atoms with van der Waals surface area (Å²) in [5.74, 6) is 0. The lowest BCUT2D eigenvalue weighted by Crippen LogP contribution is -1.85. The van der Waals surface area contributed by atoms with Crippen LogP contribution in [0.15, 0.2) is 24.0 Å². The van der Waals surface area contributed by atoms with Crippen molar-refractivity contribution in [2.24, 2.45) is 0 Å². The third-order valence-electron chi connectivity index (χ3n) is 1.86. The SMILES string of the molecule is CCCc1csc(-c2ccncn2)n1. The molecule has 0 aliphatic heterocycles. The molecule has 2 heterocycles. The minimum atomic E-state index is 0.910. The van der Waals surface area contributed by atoms with Crippen LogP contribution in [0.4, 0.5) is 0 Å². The summed E-state index contributed by atoms with van der Waals surface area (Å²) in [5, 5.41) is 3.08. The smallest absolute Gasteiger partial charge is 0.142 e. The Labute approximate surface area is 86.9 Å².